The van der Waals surface area contributed by atoms with E-state index in [4.69, 9.17) is 9.47 Å². The maximum atomic E-state index is 10.9. The average molecular weight is 292 g/mol. The van der Waals surface area contributed by atoms with E-state index in [1.165, 1.54) is 6.20 Å². The summed E-state index contributed by atoms with van der Waals surface area (Å²) in [6.45, 7) is 2.56. The van der Waals surface area contributed by atoms with Gasteiger partial charge in [-0.05, 0) is 13.0 Å². The van der Waals surface area contributed by atoms with E-state index in [1.54, 1.807) is 27.2 Å². The van der Waals surface area contributed by atoms with Crippen LogP contribution in [0.5, 0.6) is 0 Å². The molecule has 1 heterocycles. The number of anilines is 1. The number of hydrogen-bond donors (Lipinski definition) is 1. The van der Waals surface area contributed by atoms with Crippen LogP contribution in [0.4, 0.5) is 11.4 Å². The summed E-state index contributed by atoms with van der Waals surface area (Å²) in [4.78, 5) is 14.3. The Kier molecular flexibility index (Phi) is 7.97. The van der Waals surface area contributed by atoms with Gasteiger partial charge in [-0.15, -0.1) is 12.4 Å². The van der Waals surface area contributed by atoms with Gasteiger partial charge in [0, 0.05) is 19.9 Å². The van der Waals surface area contributed by atoms with Crippen LogP contribution in [0, 0.1) is 17.0 Å². The zero-order valence-electron chi connectivity index (χ0n) is 11.1. The smallest absolute Gasteiger partial charge is 0.310 e. The quantitative estimate of drug-likeness (QED) is 0.609. The molecule has 108 valence electrons. The Balaban J connectivity index is 0.00000324. The van der Waals surface area contributed by atoms with Crippen LogP contribution in [0.2, 0.25) is 0 Å². The molecule has 1 N–H and O–H groups in total. The molecule has 0 aliphatic rings. The van der Waals surface area contributed by atoms with Gasteiger partial charge >= 0.3 is 5.69 Å². The second-order valence-corrected chi connectivity index (χ2v) is 3.85. The number of nitrogens with one attached hydrogen (secondary N) is 1. The van der Waals surface area contributed by atoms with Crippen molar-refractivity contribution in [2.24, 2.45) is 0 Å². The molecule has 0 atom stereocenters. The average Bonchev–Trinajstić information content (AvgIpc) is 2.29. The maximum absolute atomic E-state index is 10.9. The molecule has 0 amide bonds. The third-order valence-corrected chi connectivity index (χ3v) is 2.31. The predicted octanol–water partition coefficient (Wildman–Crippen LogP) is 1.79. The Bertz CT molecular complexity index is 411. The van der Waals surface area contributed by atoms with Gasteiger partial charge in [0.2, 0.25) is 0 Å². The number of nitrogens with zero attached hydrogens (tertiary/aromatic N) is 2. The van der Waals surface area contributed by atoms with E-state index in [-0.39, 0.29) is 24.1 Å². The van der Waals surface area contributed by atoms with Gasteiger partial charge in [-0.2, -0.15) is 0 Å². The van der Waals surface area contributed by atoms with Gasteiger partial charge in [0.05, 0.1) is 24.2 Å². The van der Waals surface area contributed by atoms with Gasteiger partial charge < -0.3 is 14.8 Å². The standard InChI is InChI=1S/C11H17N3O4.ClH/c1-8-4-10(11(5-12-8)14(15)16)13-9(6-17-2)7-18-3;/h4-5,9H,6-7H2,1-3H3,(H,12,13);1H. The molecule has 0 bridgehead atoms. The minimum atomic E-state index is -0.467. The molecule has 0 aliphatic carbocycles. The highest BCUT2D eigenvalue weighted by molar-refractivity contribution is 5.85. The fourth-order valence-electron chi connectivity index (χ4n) is 1.57. The molecule has 19 heavy (non-hydrogen) atoms. The van der Waals surface area contributed by atoms with Gasteiger partial charge in [-0.3, -0.25) is 15.1 Å². The van der Waals surface area contributed by atoms with E-state index in [0.29, 0.717) is 24.6 Å². The highest BCUT2D eigenvalue weighted by atomic mass is 35.5. The topological polar surface area (TPSA) is 86.5 Å². The Morgan fingerprint density at radius 1 is 1.42 bits per heavy atom. The van der Waals surface area contributed by atoms with Crippen LogP contribution in [0.25, 0.3) is 0 Å². The molecule has 0 radical (unpaired) electrons. The third-order valence-electron chi connectivity index (χ3n) is 2.31. The van der Waals surface area contributed by atoms with Crippen LogP contribution < -0.4 is 5.32 Å². The number of rotatable bonds is 7. The normalized spacial score (nSPS) is 10.1. The molecule has 0 spiro atoms. The summed E-state index contributed by atoms with van der Waals surface area (Å²) >= 11 is 0. The minimum Gasteiger partial charge on any atom is -0.382 e. The molecule has 0 aliphatic heterocycles. The molecule has 0 saturated carbocycles. The first-order valence-corrected chi connectivity index (χ1v) is 5.44. The molecule has 1 aromatic heterocycles. The Morgan fingerprint density at radius 3 is 2.47 bits per heavy atom. The number of nitro groups is 1. The first kappa shape index (κ1) is 17.6. The predicted molar refractivity (Wildman–Crippen MR) is 74.0 cm³/mol. The van der Waals surface area contributed by atoms with Gasteiger partial charge in [0.15, 0.2) is 0 Å². The van der Waals surface area contributed by atoms with Crippen molar-refractivity contribution < 1.29 is 14.4 Å². The van der Waals surface area contributed by atoms with Gasteiger partial charge in [-0.25, -0.2) is 0 Å². The molecule has 7 nitrogen and oxygen atoms in total. The molecular weight excluding hydrogens is 274 g/mol. The molecule has 1 rings (SSSR count). The number of aryl methyl sites for hydroxylation is 1. The number of halogens is 1. The molecule has 0 aromatic carbocycles. The maximum Gasteiger partial charge on any atom is 0.310 e. The lowest BCUT2D eigenvalue weighted by Crippen LogP contribution is -2.30. The molecular formula is C11H18ClN3O4. The van der Waals surface area contributed by atoms with Crippen molar-refractivity contribution in [3.05, 3.63) is 28.1 Å². The second-order valence-electron chi connectivity index (χ2n) is 3.85. The zero-order chi connectivity index (χ0) is 13.5. The van der Waals surface area contributed by atoms with Crippen molar-refractivity contribution in [2.45, 2.75) is 13.0 Å². The van der Waals surface area contributed by atoms with E-state index in [1.807, 2.05) is 0 Å². The molecule has 1 aromatic rings. The second kappa shape index (κ2) is 8.63. The van der Waals surface area contributed by atoms with Crippen molar-refractivity contribution in [2.75, 3.05) is 32.8 Å². The zero-order valence-corrected chi connectivity index (χ0v) is 11.9. The Labute approximate surface area is 117 Å². The molecule has 0 unspecified atom stereocenters. The number of pyridine rings is 1. The highest BCUT2D eigenvalue weighted by Crippen LogP contribution is 2.24. The lowest BCUT2D eigenvalue weighted by molar-refractivity contribution is -0.384. The van der Waals surface area contributed by atoms with Crippen molar-refractivity contribution >= 4 is 23.8 Å². The van der Waals surface area contributed by atoms with Crippen LogP contribution in [0.15, 0.2) is 12.3 Å². The van der Waals surface area contributed by atoms with E-state index in [9.17, 15) is 10.1 Å². The summed E-state index contributed by atoms with van der Waals surface area (Å²) in [7, 11) is 3.13. The largest absolute Gasteiger partial charge is 0.382 e. The van der Waals surface area contributed by atoms with Crippen molar-refractivity contribution in [1.82, 2.24) is 4.98 Å². The van der Waals surface area contributed by atoms with E-state index >= 15 is 0 Å². The summed E-state index contributed by atoms with van der Waals surface area (Å²) < 4.78 is 10.1. The number of hydrogen-bond acceptors (Lipinski definition) is 6. The monoisotopic (exact) mass is 291 g/mol. The third kappa shape index (κ3) is 5.37. The van der Waals surface area contributed by atoms with Crippen molar-refractivity contribution in [3.63, 3.8) is 0 Å². The van der Waals surface area contributed by atoms with Crippen LogP contribution in [-0.2, 0) is 9.47 Å². The van der Waals surface area contributed by atoms with Gasteiger partial charge in [0.25, 0.3) is 0 Å². The highest BCUT2D eigenvalue weighted by Gasteiger charge is 2.18. The number of ether oxygens (including phenoxy) is 2. The summed E-state index contributed by atoms with van der Waals surface area (Å²) in [5.41, 5.74) is 1.07. The van der Waals surface area contributed by atoms with Crippen molar-refractivity contribution in [1.29, 1.82) is 0 Å². The summed E-state index contributed by atoms with van der Waals surface area (Å²) in [5.74, 6) is 0. The van der Waals surface area contributed by atoms with Crippen LogP contribution in [0.3, 0.4) is 0 Å². The van der Waals surface area contributed by atoms with Gasteiger partial charge in [0.1, 0.15) is 11.9 Å². The first-order valence-electron chi connectivity index (χ1n) is 5.44. The summed E-state index contributed by atoms with van der Waals surface area (Å²) in [5, 5.41) is 13.9. The molecule has 0 fully saturated rings. The molecule has 0 saturated heterocycles. The lowest BCUT2D eigenvalue weighted by atomic mass is 10.2. The van der Waals surface area contributed by atoms with Crippen LogP contribution >= 0.6 is 12.4 Å². The SMILES string of the molecule is COCC(COC)Nc1cc(C)ncc1[N+](=O)[O-].Cl. The lowest BCUT2D eigenvalue weighted by Gasteiger charge is -2.18. The Hall–Kier alpha value is -1.44. The summed E-state index contributed by atoms with van der Waals surface area (Å²) in [6, 6.07) is 1.48. The fourth-order valence-corrected chi connectivity index (χ4v) is 1.57. The Morgan fingerprint density at radius 2 is 2.00 bits per heavy atom. The van der Waals surface area contributed by atoms with E-state index in [0.717, 1.165) is 0 Å². The first-order chi connectivity index (χ1) is 8.58. The van der Waals surface area contributed by atoms with Crippen LogP contribution in [0.1, 0.15) is 5.69 Å². The minimum absolute atomic E-state index is 0. The molecule has 8 heteroatoms. The number of methoxy groups -OCH3 is 2. The van der Waals surface area contributed by atoms with E-state index < -0.39 is 4.92 Å². The fraction of sp³-hybridized carbons (Fsp3) is 0.545. The summed E-state index contributed by atoms with van der Waals surface area (Å²) in [6.07, 6.45) is 1.24. The number of aromatic nitrogens is 1. The van der Waals surface area contributed by atoms with Gasteiger partial charge in [-0.1, -0.05) is 0 Å². The van der Waals surface area contributed by atoms with Crippen molar-refractivity contribution in [3.8, 4) is 0 Å². The van der Waals surface area contributed by atoms with Crippen LogP contribution in [-0.4, -0.2) is 43.4 Å². The van der Waals surface area contributed by atoms with E-state index in [2.05, 4.69) is 10.3 Å².